The third-order valence-corrected chi connectivity index (χ3v) is 4.81. The monoisotopic (exact) mass is 419 g/mol. The molecule has 0 aromatic heterocycles. The molecule has 8 heteroatoms. The summed E-state index contributed by atoms with van der Waals surface area (Å²) >= 11 is 0. The van der Waals surface area contributed by atoms with Crippen LogP contribution in [0.25, 0.3) is 0 Å². The second-order valence-electron chi connectivity index (χ2n) is 7.59. The fraction of sp³-hybridized carbons (Fsp3) is 0.409. The van der Waals surface area contributed by atoms with Gasteiger partial charge in [0.25, 0.3) is 0 Å². The largest absolute Gasteiger partial charge is 0.493 e. The van der Waals surface area contributed by atoms with Crippen molar-refractivity contribution in [1.29, 1.82) is 0 Å². The number of nitrogens with one attached hydrogen (secondary N) is 2. The van der Waals surface area contributed by atoms with Crippen molar-refractivity contribution in [3.63, 3.8) is 0 Å². The average molecular weight is 419 g/mol. The zero-order valence-corrected chi connectivity index (χ0v) is 17.5. The predicted octanol–water partition coefficient (Wildman–Crippen LogP) is 4.26. The summed E-state index contributed by atoms with van der Waals surface area (Å²) < 4.78 is 41.0. The number of hydrogen-bond donors (Lipinski definition) is 2. The molecule has 0 spiro atoms. The van der Waals surface area contributed by atoms with Gasteiger partial charge < -0.3 is 24.8 Å². The molecular weight excluding hydrogens is 392 g/mol. The number of guanidine groups is 1. The van der Waals surface area contributed by atoms with Crippen molar-refractivity contribution < 1.29 is 23.0 Å². The molecule has 0 bridgehead atoms. The number of halogens is 2. The van der Waals surface area contributed by atoms with E-state index in [9.17, 15) is 8.78 Å². The Morgan fingerprint density at radius 1 is 1.23 bits per heavy atom. The Balaban J connectivity index is 1.70. The molecule has 1 aliphatic heterocycles. The molecule has 1 aliphatic rings. The van der Waals surface area contributed by atoms with E-state index in [-0.39, 0.29) is 23.1 Å². The van der Waals surface area contributed by atoms with Crippen LogP contribution in [-0.2, 0) is 6.54 Å². The van der Waals surface area contributed by atoms with Crippen LogP contribution in [0, 0.1) is 0 Å². The number of rotatable bonds is 6. The molecule has 30 heavy (non-hydrogen) atoms. The number of para-hydroxylation sites is 1. The van der Waals surface area contributed by atoms with E-state index in [2.05, 4.69) is 34.2 Å². The first-order valence-electron chi connectivity index (χ1n) is 9.68. The Bertz CT molecular complexity index is 903. The quantitative estimate of drug-likeness (QED) is 0.541. The highest BCUT2D eigenvalue weighted by molar-refractivity contribution is 5.80. The molecule has 2 aromatic carbocycles. The Morgan fingerprint density at radius 3 is 2.70 bits per heavy atom. The van der Waals surface area contributed by atoms with Crippen molar-refractivity contribution in [2.75, 3.05) is 14.2 Å². The minimum Gasteiger partial charge on any atom is -0.493 e. The number of fused-ring (bicyclic) bond motifs is 1. The summed E-state index contributed by atoms with van der Waals surface area (Å²) in [7, 11) is 3.09. The first-order valence-corrected chi connectivity index (χ1v) is 9.68. The van der Waals surface area contributed by atoms with Crippen LogP contribution in [0.1, 0.15) is 37.4 Å². The lowest BCUT2D eigenvalue weighted by atomic mass is 9.90. The van der Waals surface area contributed by atoms with Crippen LogP contribution in [0.15, 0.2) is 47.5 Å². The summed E-state index contributed by atoms with van der Waals surface area (Å²) in [5.74, 6) is 1.70. The summed E-state index contributed by atoms with van der Waals surface area (Å²) in [6.07, 6.45) is 0.764. The van der Waals surface area contributed by atoms with Crippen LogP contribution in [0.4, 0.5) is 8.78 Å². The van der Waals surface area contributed by atoms with E-state index in [1.54, 1.807) is 19.2 Å². The Kier molecular flexibility index (Phi) is 6.64. The fourth-order valence-corrected chi connectivity index (χ4v) is 3.50. The maximum atomic E-state index is 12.6. The van der Waals surface area contributed by atoms with Gasteiger partial charge in [-0.2, -0.15) is 8.78 Å². The number of alkyl halides is 2. The molecular formula is C22H27F2N3O3. The van der Waals surface area contributed by atoms with E-state index >= 15 is 0 Å². The molecule has 6 nitrogen and oxygen atoms in total. The van der Waals surface area contributed by atoms with Crippen LogP contribution in [0.3, 0.4) is 0 Å². The van der Waals surface area contributed by atoms with Gasteiger partial charge >= 0.3 is 6.61 Å². The third kappa shape index (κ3) is 5.31. The minimum absolute atomic E-state index is 0.00477. The first kappa shape index (κ1) is 21.7. The van der Waals surface area contributed by atoms with Gasteiger partial charge in [-0.1, -0.05) is 24.3 Å². The maximum absolute atomic E-state index is 12.6. The van der Waals surface area contributed by atoms with E-state index < -0.39 is 6.61 Å². The van der Waals surface area contributed by atoms with Crippen molar-refractivity contribution in [1.82, 2.24) is 10.6 Å². The number of aliphatic imine (C=N–C) groups is 1. The second-order valence-corrected chi connectivity index (χ2v) is 7.59. The normalized spacial score (nSPS) is 17.7. The van der Waals surface area contributed by atoms with Gasteiger partial charge in [0.15, 0.2) is 17.5 Å². The summed E-state index contributed by atoms with van der Waals surface area (Å²) in [6.45, 7) is 1.55. The maximum Gasteiger partial charge on any atom is 0.387 e. The second kappa shape index (κ2) is 9.19. The van der Waals surface area contributed by atoms with Crippen LogP contribution >= 0.6 is 0 Å². The highest BCUT2D eigenvalue weighted by Gasteiger charge is 2.33. The molecule has 0 saturated heterocycles. The first-order chi connectivity index (χ1) is 14.3. The van der Waals surface area contributed by atoms with E-state index in [0.29, 0.717) is 12.5 Å². The lowest BCUT2D eigenvalue weighted by Gasteiger charge is -2.38. The van der Waals surface area contributed by atoms with Gasteiger partial charge in [0.1, 0.15) is 11.4 Å². The molecule has 1 unspecified atom stereocenters. The van der Waals surface area contributed by atoms with E-state index in [4.69, 9.17) is 9.47 Å². The summed E-state index contributed by atoms with van der Waals surface area (Å²) in [5, 5.41) is 6.66. The van der Waals surface area contributed by atoms with Gasteiger partial charge in [-0.25, -0.2) is 0 Å². The van der Waals surface area contributed by atoms with Crippen LogP contribution < -0.4 is 24.8 Å². The molecule has 1 atom stereocenters. The van der Waals surface area contributed by atoms with Crippen molar-refractivity contribution in [3.05, 3.63) is 53.6 Å². The highest BCUT2D eigenvalue weighted by Crippen LogP contribution is 2.39. The summed E-state index contributed by atoms with van der Waals surface area (Å²) in [5.41, 5.74) is 1.50. The summed E-state index contributed by atoms with van der Waals surface area (Å²) in [4.78, 5) is 4.30. The average Bonchev–Trinajstić information content (AvgIpc) is 2.69. The molecule has 0 aliphatic carbocycles. The zero-order chi connectivity index (χ0) is 21.7. The molecule has 0 amide bonds. The molecule has 0 saturated carbocycles. The van der Waals surface area contributed by atoms with Gasteiger partial charge in [0.2, 0.25) is 0 Å². The lowest BCUT2D eigenvalue weighted by Crippen LogP contribution is -2.45. The predicted molar refractivity (Wildman–Crippen MR) is 111 cm³/mol. The number of hydrogen-bond acceptors (Lipinski definition) is 4. The molecule has 0 fully saturated rings. The van der Waals surface area contributed by atoms with Gasteiger partial charge in [-0.05, 0) is 37.6 Å². The highest BCUT2D eigenvalue weighted by atomic mass is 19.3. The topological polar surface area (TPSA) is 64.1 Å². The van der Waals surface area contributed by atoms with Crippen molar-refractivity contribution in [2.45, 2.75) is 45.1 Å². The molecule has 2 N–H and O–H groups in total. The molecule has 3 rings (SSSR count). The summed E-state index contributed by atoms with van der Waals surface area (Å²) in [6, 6.07) is 12.9. The van der Waals surface area contributed by atoms with Crippen molar-refractivity contribution >= 4 is 5.96 Å². The fourth-order valence-electron chi connectivity index (χ4n) is 3.50. The Hall–Kier alpha value is -3.03. The van der Waals surface area contributed by atoms with Gasteiger partial charge in [-0.15, -0.1) is 0 Å². The van der Waals surface area contributed by atoms with Gasteiger partial charge in [-0.3, -0.25) is 4.99 Å². The van der Waals surface area contributed by atoms with E-state index in [1.165, 1.54) is 13.2 Å². The van der Waals surface area contributed by atoms with E-state index in [1.807, 2.05) is 24.3 Å². The lowest BCUT2D eigenvalue weighted by molar-refractivity contribution is -0.0512. The van der Waals surface area contributed by atoms with Crippen LogP contribution in [0.2, 0.25) is 0 Å². The van der Waals surface area contributed by atoms with Crippen molar-refractivity contribution in [2.24, 2.45) is 4.99 Å². The van der Waals surface area contributed by atoms with Crippen LogP contribution in [0.5, 0.6) is 17.2 Å². The number of methoxy groups -OCH3 is 1. The van der Waals surface area contributed by atoms with Crippen LogP contribution in [-0.4, -0.2) is 32.3 Å². The standard InChI is InChI=1S/C22H27F2N3O3/c1-22(2)12-16(15-7-5-6-8-17(15)30-22)27-21(25-3)26-13-14-9-10-18(28-4)19(11-14)29-20(23)24/h5-11,16,20H,12-13H2,1-4H3,(H2,25,26,27). The molecule has 0 radical (unpaired) electrons. The molecule has 162 valence electrons. The molecule has 2 aromatic rings. The Labute approximate surface area is 175 Å². The smallest absolute Gasteiger partial charge is 0.387 e. The number of nitrogens with zero attached hydrogens (tertiary/aromatic N) is 1. The van der Waals surface area contributed by atoms with Gasteiger partial charge in [0.05, 0.1) is 13.2 Å². The van der Waals surface area contributed by atoms with E-state index in [0.717, 1.165) is 23.3 Å². The SMILES string of the molecule is CN=C(NCc1ccc(OC)c(OC(F)F)c1)NC1CC(C)(C)Oc2ccccc21. The Morgan fingerprint density at radius 2 is 2.00 bits per heavy atom. The zero-order valence-electron chi connectivity index (χ0n) is 17.5. The minimum atomic E-state index is -2.92. The number of benzene rings is 2. The van der Waals surface area contributed by atoms with Gasteiger partial charge in [0, 0.05) is 25.6 Å². The number of ether oxygens (including phenoxy) is 3. The molecule has 1 heterocycles. The third-order valence-electron chi connectivity index (χ3n) is 4.81. The van der Waals surface area contributed by atoms with Crippen molar-refractivity contribution in [3.8, 4) is 17.2 Å².